The number of amides is 1. The summed E-state index contributed by atoms with van der Waals surface area (Å²) >= 11 is 0. The van der Waals surface area contributed by atoms with Crippen LogP contribution in [0.15, 0.2) is 65.5 Å². The van der Waals surface area contributed by atoms with E-state index < -0.39 is 0 Å². The van der Waals surface area contributed by atoms with Crippen molar-refractivity contribution >= 4 is 11.7 Å². The lowest BCUT2D eigenvalue weighted by molar-refractivity contribution is -0.135. The Morgan fingerprint density at radius 3 is 2.44 bits per heavy atom. The van der Waals surface area contributed by atoms with Crippen LogP contribution in [0.3, 0.4) is 0 Å². The molecule has 174 valence electrons. The first-order valence-electron chi connectivity index (χ1n) is 11.9. The molecule has 7 nitrogen and oxygen atoms in total. The maximum atomic E-state index is 13.5. The van der Waals surface area contributed by atoms with Gasteiger partial charge in [0.1, 0.15) is 6.54 Å². The van der Waals surface area contributed by atoms with Gasteiger partial charge in [-0.15, -0.1) is 5.10 Å². The normalized spacial score (nSPS) is 16.2. The van der Waals surface area contributed by atoms with Crippen molar-refractivity contribution in [3.05, 3.63) is 87.8 Å². The van der Waals surface area contributed by atoms with Crippen LogP contribution in [0.1, 0.15) is 43.0 Å². The van der Waals surface area contributed by atoms with Crippen LogP contribution >= 0.6 is 0 Å². The molecule has 0 aliphatic carbocycles. The van der Waals surface area contributed by atoms with Crippen molar-refractivity contribution in [3.63, 3.8) is 0 Å². The zero-order valence-electron chi connectivity index (χ0n) is 19.6. The van der Waals surface area contributed by atoms with Crippen LogP contribution in [0.25, 0.3) is 17.2 Å². The van der Waals surface area contributed by atoms with E-state index in [1.807, 2.05) is 77.1 Å². The molecule has 0 spiro atoms. The van der Waals surface area contributed by atoms with Crippen molar-refractivity contribution in [2.24, 2.45) is 0 Å². The third kappa shape index (κ3) is 4.14. The van der Waals surface area contributed by atoms with Gasteiger partial charge in [-0.3, -0.25) is 9.59 Å². The molecule has 1 atom stereocenters. The average Bonchev–Trinajstić information content (AvgIpc) is 3.31. The first kappa shape index (κ1) is 22.1. The van der Waals surface area contributed by atoms with Gasteiger partial charge in [0.15, 0.2) is 5.82 Å². The molecular formula is C27H29N5O2. The monoisotopic (exact) mass is 455 g/mol. The van der Waals surface area contributed by atoms with E-state index >= 15 is 0 Å². The second-order valence-electron chi connectivity index (χ2n) is 9.06. The number of aromatic nitrogens is 4. The number of likely N-dealkylation sites (tertiary alicyclic amines) is 1. The van der Waals surface area contributed by atoms with E-state index in [9.17, 15) is 9.59 Å². The van der Waals surface area contributed by atoms with Crippen molar-refractivity contribution < 1.29 is 4.79 Å². The molecule has 1 aliphatic rings. The maximum Gasteiger partial charge on any atom is 0.279 e. The van der Waals surface area contributed by atoms with E-state index in [1.54, 1.807) is 0 Å². The Hall–Kier alpha value is -3.74. The van der Waals surface area contributed by atoms with E-state index in [-0.39, 0.29) is 24.1 Å². The van der Waals surface area contributed by atoms with Gasteiger partial charge in [-0.05, 0) is 38.7 Å². The molecule has 7 heteroatoms. The van der Waals surface area contributed by atoms with Gasteiger partial charge in [-0.1, -0.05) is 60.7 Å². The number of benzene rings is 2. The van der Waals surface area contributed by atoms with Crippen molar-refractivity contribution in [1.82, 2.24) is 24.1 Å². The highest BCUT2D eigenvalue weighted by Crippen LogP contribution is 2.20. The molecule has 1 saturated heterocycles. The van der Waals surface area contributed by atoms with E-state index in [2.05, 4.69) is 12.0 Å². The van der Waals surface area contributed by atoms with Crippen LogP contribution in [0.2, 0.25) is 0 Å². The number of carbonyl (C=O) groups is 1. The van der Waals surface area contributed by atoms with E-state index in [0.717, 1.165) is 42.6 Å². The van der Waals surface area contributed by atoms with Gasteiger partial charge in [0.25, 0.3) is 5.56 Å². The number of fused-ring (bicyclic) bond motifs is 1. The summed E-state index contributed by atoms with van der Waals surface area (Å²) in [5.41, 5.74) is 3.05. The molecule has 0 N–H and O–H groups in total. The lowest BCUT2D eigenvalue weighted by Gasteiger charge is -2.34. The number of carbonyl (C=O) groups excluding carboxylic acids is 1. The molecule has 34 heavy (non-hydrogen) atoms. The lowest BCUT2D eigenvalue weighted by Crippen LogP contribution is -2.44. The molecule has 3 heterocycles. The summed E-state index contributed by atoms with van der Waals surface area (Å²) in [7, 11) is 0. The Bertz CT molecular complexity index is 1380. The Kier molecular flexibility index (Phi) is 6.01. The van der Waals surface area contributed by atoms with E-state index in [0.29, 0.717) is 23.6 Å². The first-order chi connectivity index (χ1) is 16.5. The van der Waals surface area contributed by atoms with Crippen LogP contribution in [0, 0.1) is 6.92 Å². The molecule has 1 aliphatic heterocycles. The SMILES string of the molecule is Cc1c(Cc2ccccc2)c(=O)n2nc(-c3ccccc3)nc2n1CC(=O)N1CCCC[C@@H]1C. The summed E-state index contributed by atoms with van der Waals surface area (Å²) < 4.78 is 3.23. The summed E-state index contributed by atoms with van der Waals surface area (Å²) in [6.45, 7) is 4.92. The number of hydrogen-bond donors (Lipinski definition) is 0. The fraction of sp³-hybridized carbons (Fsp3) is 0.333. The smallest absolute Gasteiger partial charge is 0.279 e. The highest BCUT2D eigenvalue weighted by molar-refractivity contribution is 5.77. The van der Waals surface area contributed by atoms with Gasteiger partial charge in [0, 0.05) is 35.8 Å². The predicted octanol–water partition coefficient (Wildman–Crippen LogP) is 3.86. The van der Waals surface area contributed by atoms with Gasteiger partial charge in [0.2, 0.25) is 11.7 Å². The molecular weight excluding hydrogens is 426 g/mol. The molecule has 5 rings (SSSR count). The second-order valence-corrected chi connectivity index (χ2v) is 9.06. The minimum atomic E-state index is -0.193. The van der Waals surface area contributed by atoms with Crippen LogP contribution in [0.5, 0.6) is 0 Å². The van der Waals surface area contributed by atoms with Gasteiger partial charge < -0.3 is 9.47 Å². The summed E-state index contributed by atoms with van der Waals surface area (Å²) in [5.74, 6) is 0.924. The number of rotatable bonds is 5. The third-order valence-electron chi connectivity index (χ3n) is 6.80. The largest absolute Gasteiger partial charge is 0.338 e. The minimum Gasteiger partial charge on any atom is -0.338 e. The summed E-state index contributed by atoms with van der Waals surface area (Å²) in [4.78, 5) is 33.6. The molecule has 0 bridgehead atoms. The molecule has 0 unspecified atom stereocenters. The standard InChI is InChI=1S/C27H29N5O2/c1-19-11-9-10-16-30(19)24(33)18-31-20(2)23(17-21-12-5-3-6-13-21)26(34)32-27(31)28-25(29-32)22-14-7-4-8-15-22/h3-8,12-15,19H,9-11,16-18H2,1-2H3/t19-/m0/s1. The quantitative estimate of drug-likeness (QED) is 0.458. The predicted molar refractivity (Wildman–Crippen MR) is 132 cm³/mol. The van der Waals surface area contributed by atoms with Crippen molar-refractivity contribution in [2.75, 3.05) is 6.54 Å². The fourth-order valence-corrected chi connectivity index (χ4v) is 4.81. The first-order valence-corrected chi connectivity index (χ1v) is 11.9. The van der Waals surface area contributed by atoms with Crippen LogP contribution in [0.4, 0.5) is 0 Å². The number of piperidine rings is 1. The summed E-state index contributed by atoms with van der Waals surface area (Å²) in [6, 6.07) is 19.7. The second kappa shape index (κ2) is 9.25. The Labute approximate surface area is 198 Å². The summed E-state index contributed by atoms with van der Waals surface area (Å²) in [6.07, 6.45) is 3.66. The lowest BCUT2D eigenvalue weighted by atomic mass is 10.0. The van der Waals surface area contributed by atoms with Crippen LogP contribution < -0.4 is 5.56 Å². The Morgan fingerprint density at radius 2 is 1.74 bits per heavy atom. The van der Waals surface area contributed by atoms with E-state index in [1.165, 1.54) is 4.52 Å². The average molecular weight is 456 g/mol. The van der Waals surface area contributed by atoms with Crippen LogP contribution in [-0.2, 0) is 17.8 Å². The maximum absolute atomic E-state index is 13.5. The molecule has 0 saturated carbocycles. The molecule has 1 fully saturated rings. The molecule has 2 aromatic heterocycles. The van der Waals surface area contributed by atoms with Crippen molar-refractivity contribution in [1.29, 1.82) is 0 Å². The topological polar surface area (TPSA) is 72.5 Å². The molecule has 0 radical (unpaired) electrons. The van der Waals surface area contributed by atoms with Gasteiger partial charge >= 0.3 is 0 Å². The van der Waals surface area contributed by atoms with Crippen molar-refractivity contribution in [3.8, 4) is 11.4 Å². The molecule has 1 amide bonds. The Balaban J connectivity index is 1.64. The molecule has 2 aromatic carbocycles. The van der Waals surface area contributed by atoms with Crippen molar-refractivity contribution in [2.45, 2.75) is 52.1 Å². The minimum absolute atomic E-state index is 0.0516. The van der Waals surface area contributed by atoms with Gasteiger partial charge in [-0.2, -0.15) is 9.50 Å². The third-order valence-corrected chi connectivity index (χ3v) is 6.80. The fourth-order valence-electron chi connectivity index (χ4n) is 4.81. The molecule has 4 aromatic rings. The highest BCUT2D eigenvalue weighted by atomic mass is 16.2. The van der Waals surface area contributed by atoms with Gasteiger partial charge in [0.05, 0.1) is 0 Å². The van der Waals surface area contributed by atoms with Crippen LogP contribution in [-0.4, -0.2) is 42.6 Å². The zero-order valence-corrected chi connectivity index (χ0v) is 19.6. The number of hydrogen-bond acceptors (Lipinski definition) is 4. The number of nitrogens with zero attached hydrogens (tertiary/aromatic N) is 5. The highest BCUT2D eigenvalue weighted by Gasteiger charge is 2.26. The Morgan fingerprint density at radius 1 is 1.03 bits per heavy atom. The van der Waals surface area contributed by atoms with E-state index in [4.69, 9.17) is 4.98 Å². The van der Waals surface area contributed by atoms with Gasteiger partial charge in [-0.25, -0.2) is 0 Å². The zero-order chi connectivity index (χ0) is 23.7. The summed E-state index contributed by atoms with van der Waals surface area (Å²) in [5, 5.41) is 4.57.